The second-order valence-corrected chi connectivity index (χ2v) is 13.3. The molecular weight excluding hydrogens is 738 g/mol. The van der Waals surface area contributed by atoms with Crippen LogP contribution in [0, 0.1) is 0 Å². The quantitative estimate of drug-likeness (QED) is 0.0558. The van der Waals surface area contributed by atoms with Crippen molar-refractivity contribution in [2.24, 2.45) is 5.11 Å². The van der Waals surface area contributed by atoms with Gasteiger partial charge in [0.1, 0.15) is 55.8 Å². The maximum Gasteiger partial charge on any atom is 0.328 e. The molecule has 2 fully saturated rings. The van der Waals surface area contributed by atoms with Crippen molar-refractivity contribution in [2.45, 2.75) is 95.0 Å². The molecule has 3 aromatic carbocycles. The molecule has 0 spiro atoms. The van der Waals surface area contributed by atoms with Gasteiger partial charge >= 0.3 is 11.9 Å². The average molecular weight is 786 g/mol. The summed E-state index contributed by atoms with van der Waals surface area (Å²) in [6, 6.07) is 24.2. The Bertz CT molecular complexity index is 1830. The van der Waals surface area contributed by atoms with E-state index < -0.39 is 78.9 Å². The largest absolute Gasteiger partial charge is 0.461 e. The van der Waals surface area contributed by atoms with Gasteiger partial charge in [-0.15, -0.1) is 0 Å². The van der Waals surface area contributed by atoms with Gasteiger partial charge in [0.2, 0.25) is 11.8 Å². The van der Waals surface area contributed by atoms with Crippen molar-refractivity contribution in [2.75, 3.05) is 13.2 Å². The molecule has 57 heavy (non-hydrogen) atoms. The van der Waals surface area contributed by atoms with E-state index in [1.807, 2.05) is 91.0 Å². The number of carbonyl (C=O) groups is 4. The van der Waals surface area contributed by atoms with Crippen LogP contribution < -0.4 is 10.6 Å². The Balaban J connectivity index is 1.24. The monoisotopic (exact) mass is 785 g/mol. The van der Waals surface area contributed by atoms with Crippen molar-refractivity contribution in [3.05, 3.63) is 131 Å². The van der Waals surface area contributed by atoms with Crippen molar-refractivity contribution in [1.29, 1.82) is 0 Å². The van der Waals surface area contributed by atoms with Crippen molar-refractivity contribution in [3.8, 4) is 0 Å². The number of fused-ring (bicyclic) bond motifs is 1. The lowest BCUT2D eigenvalue weighted by molar-refractivity contribution is -0.349. The zero-order chi connectivity index (χ0) is 40.6. The first kappa shape index (κ1) is 42.5. The lowest BCUT2D eigenvalue weighted by Gasteiger charge is -2.48. The first-order valence-corrected chi connectivity index (χ1v) is 18.6. The molecule has 0 aliphatic carbocycles. The predicted molar refractivity (Wildman–Crippen MR) is 203 cm³/mol. The predicted octanol–water partition coefficient (Wildman–Crippen LogP) is 4.74. The molecule has 5 rings (SSSR count). The van der Waals surface area contributed by atoms with Crippen LogP contribution >= 0.6 is 0 Å². The minimum absolute atomic E-state index is 0.0503. The van der Waals surface area contributed by atoms with Crippen molar-refractivity contribution < 1.29 is 52.3 Å². The van der Waals surface area contributed by atoms with Crippen LogP contribution in [0.5, 0.6) is 0 Å². The number of hydrogen-bond donors (Lipinski definition) is 2. The normalized spacial score (nSPS) is 22.9. The number of esters is 2. The fourth-order valence-electron chi connectivity index (χ4n) is 6.12. The van der Waals surface area contributed by atoms with Gasteiger partial charge in [-0.25, -0.2) is 4.79 Å². The molecule has 0 bridgehead atoms. The molecule has 16 nitrogen and oxygen atoms in total. The number of hydrogen-bond acceptors (Lipinski definition) is 12. The Kier molecular flexibility index (Phi) is 16.1. The standard InChI is InChI=1S/C41H47N5O11/c1-4-22-51-39(50)31(20-21-33(47)52-23-28-14-8-5-9-15-28)44-37(48)26(2)43-38(49)27(3)55-36-34(45-46-42)41(53-24-29-16-10-6-11-17-29)56-32-25-54-40(57-35(32)36)30-18-12-7-13-19-30/h4-19,26-27,31-32,34-36,40-41H,1,20-25H2,2-3H3,(H,43,49)(H,44,48)/t26-,27+,31+,32+,34+,35+,36+,40+,41-/m0/s1. The molecule has 0 aromatic heterocycles. The van der Waals surface area contributed by atoms with Gasteiger partial charge in [-0.1, -0.05) is 109 Å². The van der Waals surface area contributed by atoms with E-state index >= 15 is 0 Å². The first-order chi connectivity index (χ1) is 27.7. The lowest BCUT2D eigenvalue weighted by atomic mass is 9.95. The van der Waals surface area contributed by atoms with Gasteiger partial charge in [-0.05, 0) is 36.9 Å². The number of carbonyl (C=O) groups excluding carboxylic acids is 4. The molecule has 2 aliphatic heterocycles. The summed E-state index contributed by atoms with van der Waals surface area (Å²) in [7, 11) is 0. The van der Waals surface area contributed by atoms with Gasteiger partial charge in [0.15, 0.2) is 12.6 Å². The number of nitrogens with one attached hydrogen (secondary N) is 2. The second-order valence-electron chi connectivity index (χ2n) is 13.3. The fraction of sp³-hybridized carbons (Fsp3) is 0.415. The van der Waals surface area contributed by atoms with Crippen LogP contribution in [0.2, 0.25) is 0 Å². The van der Waals surface area contributed by atoms with Gasteiger partial charge in [-0.3, -0.25) is 14.4 Å². The number of rotatable bonds is 19. The van der Waals surface area contributed by atoms with E-state index in [-0.39, 0.29) is 39.3 Å². The molecular formula is C41H47N5O11. The fourth-order valence-corrected chi connectivity index (χ4v) is 6.12. The number of benzene rings is 3. The number of nitrogens with zero attached hydrogens (tertiary/aromatic N) is 3. The summed E-state index contributed by atoms with van der Waals surface area (Å²) in [5.74, 6) is -2.78. The summed E-state index contributed by atoms with van der Waals surface area (Å²) in [6.07, 6.45) is -4.72. The van der Waals surface area contributed by atoms with E-state index in [1.54, 1.807) is 0 Å². The summed E-state index contributed by atoms with van der Waals surface area (Å²) in [5.41, 5.74) is 12.0. The maximum atomic E-state index is 13.6. The van der Waals surface area contributed by atoms with Crippen LogP contribution in [0.3, 0.4) is 0 Å². The molecule has 302 valence electrons. The Morgan fingerprint density at radius 1 is 0.895 bits per heavy atom. The second kappa shape index (κ2) is 21.6. The summed E-state index contributed by atoms with van der Waals surface area (Å²) in [4.78, 5) is 55.3. The molecule has 2 amide bonds. The van der Waals surface area contributed by atoms with Crippen molar-refractivity contribution in [1.82, 2.24) is 10.6 Å². The number of ether oxygens (including phenoxy) is 7. The number of amides is 2. The van der Waals surface area contributed by atoms with Gasteiger partial charge < -0.3 is 43.8 Å². The maximum absolute atomic E-state index is 13.6. The highest BCUT2D eigenvalue weighted by molar-refractivity contribution is 5.91. The third-order valence-corrected chi connectivity index (χ3v) is 9.13. The molecule has 9 atom stereocenters. The van der Waals surface area contributed by atoms with E-state index in [4.69, 9.17) is 33.2 Å². The van der Waals surface area contributed by atoms with Crippen LogP contribution in [0.25, 0.3) is 10.4 Å². The summed E-state index contributed by atoms with van der Waals surface area (Å²) >= 11 is 0. The van der Waals surface area contributed by atoms with Gasteiger partial charge in [-0.2, -0.15) is 0 Å². The SMILES string of the molecule is C=CCOC(=O)[C@@H](CCC(=O)OCc1ccccc1)NC(=O)[C@H](C)NC(=O)[C@@H](C)O[C@@H]1[C@@H](N=[N+]=[N-])[C@@H](OCc2ccccc2)O[C@@H]2CO[C@@H](c3ccccc3)O[C@@H]12. The summed E-state index contributed by atoms with van der Waals surface area (Å²) in [5, 5.41) is 9.15. The van der Waals surface area contributed by atoms with Gasteiger partial charge in [0.25, 0.3) is 0 Å². The van der Waals surface area contributed by atoms with E-state index in [0.29, 0.717) is 0 Å². The van der Waals surface area contributed by atoms with Crippen LogP contribution in [-0.4, -0.2) is 85.8 Å². The molecule has 2 heterocycles. The summed E-state index contributed by atoms with van der Waals surface area (Å²) in [6.45, 7) is 6.57. The minimum atomic E-state index is -1.23. The third kappa shape index (κ3) is 12.4. The molecule has 16 heteroatoms. The molecule has 0 radical (unpaired) electrons. The minimum Gasteiger partial charge on any atom is -0.461 e. The Morgan fingerprint density at radius 2 is 1.54 bits per heavy atom. The molecule has 2 saturated heterocycles. The average Bonchev–Trinajstić information content (AvgIpc) is 3.24. The summed E-state index contributed by atoms with van der Waals surface area (Å²) < 4.78 is 41.5. The Morgan fingerprint density at radius 3 is 2.19 bits per heavy atom. The third-order valence-electron chi connectivity index (χ3n) is 9.13. The Hall–Kier alpha value is -5.61. The highest BCUT2D eigenvalue weighted by Gasteiger charge is 2.52. The lowest BCUT2D eigenvalue weighted by Crippen LogP contribution is -2.63. The highest BCUT2D eigenvalue weighted by Crippen LogP contribution is 2.37. The van der Waals surface area contributed by atoms with Crippen LogP contribution in [0.1, 0.15) is 49.7 Å². The van der Waals surface area contributed by atoms with E-state index in [9.17, 15) is 24.7 Å². The van der Waals surface area contributed by atoms with Crippen LogP contribution in [0.15, 0.2) is 109 Å². The molecule has 2 N–H and O–H groups in total. The smallest absolute Gasteiger partial charge is 0.328 e. The van der Waals surface area contributed by atoms with Crippen molar-refractivity contribution in [3.63, 3.8) is 0 Å². The van der Waals surface area contributed by atoms with Crippen LogP contribution in [0.4, 0.5) is 0 Å². The van der Waals surface area contributed by atoms with Crippen LogP contribution in [-0.2, 0) is 65.5 Å². The zero-order valence-corrected chi connectivity index (χ0v) is 31.7. The molecule has 0 saturated carbocycles. The van der Waals surface area contributed by atoms with E-state index in [0.717, 1.165) is 16.7 Å². The molecule has 0 unspecified atom stereocenters. The van der Waals surface area contributed by atoms with Crippen molar-refractivity contribution >= 4 is 23.8 Å². The van der Waals surface area contributed by atoms with E-state index in [2.05, 4.69) is 27.2 Å². The Labute approximate surface area is 330 Å². The number of azide groups is 1. The van der Waals surface area contributed by atoms with Gasteiger partial charge in [0.05, 0.1) is 13.2 Å². The molecule has 3 aromatic rings. The van der Waals surface area contributed by atoms with Gasteiger partial charge in [0, 0.05) is 16.9 Å². The zero-order valence-electron chi connectivity index (χ0n) is 31.7. The van der Waals surface area contributed by atoms with E-state index in [1.165, 1.54) is 19.9 Å². The molecule has 2 aliphatic rings. The first-order valence-electron chi connectivity index (χ1n) is 18.6. The highest BCUT2D eigenvalue weighted by atomic mass is 16.8. The topological polar surface area (TPSA) is 206 Å².